The number of nitrogens with zero attached hydrogens (tertiary/aromatic N) is 7. The van der Waals surface area contributed by atoms with Gasteiger partial charge in [-0.05, 0) is 69.6 Å². The van der Waals surface area contributed by atoms with Crippen molar-refractivity contribution in [3.05, 3.63) is 93.9 Å². The van der Waals surface area contributed by atoms with Gasteiger partial charge in [-0.25, -0.2) is 23.4 Å². The Morgan fingerprint density at radius 1 is 1.02 bits per heavy atom. The van der Waals surface area contributed by atoms with Crippen molar-refractivity contribution in [1.82, 2.24) is 24.2 Å². The van der Waals surface area contributed by atoms with Gasteiger partial charge in [0.2, 0.25) is 21.8 Å². The number of rotatable bonds is 16. The lowest BCUT2D eigenvalue weighted by atomic mass is 10.0. The van der Waals surface area contributed by atoms with Crippen LogP contribution in [-0.4, -0.2) is 95.4 Å². The van der Waals surface area contributed by atoms with Crippen LogP contribution in [0.1, 0.15) is 55.4 Å². The minimum atomic E-state index is -4.92. The number of pyridine rings is 3. The number of halogens is 3. The van der Waals surface area contributed by atoms with Gasteiger partial charge in [-0.1, -0.05) is 19.1 Å². The van der Waals surface area contributed by atoms with Crippen molar-refractivity contribution in [3.63, 3.8) is 0 Å². The van der Waals surface area contributed by atoms with Crippen molar-refractivity contribution in [2.24, 2.45) is 5.73 Å². The van der Waals surface area contributed by atoms with Gasteiger partial charge in [0.15, 0.2) is 10.6 Å². The minimum absolute atomic E-state index is 0.0174. The van der Waals surface area contributed by atoms with E-state index in [4.69, 9.17) is 20.2 Å². The molecule has 1 aliphatic heterocycles. The number of anilines is 1. The predicted octanol–water partition coefficient (Wildman–Crippen LogP) is 5.54. The molecule has 0 saturated carbocycles. The highest BCUT2D eigenvalue weighted by molar-refractivity contribution is 7.89. The van der Waals surface area contributed by atoms with Gasteiger partial charge in [0.25, 0.3) is 11.6 Å². The number of nitro groups is 1. The van der Waals surface area contributed by atoms with E-state index in [0.29, 0.717) is 35.9 Å². The highest BCUT2D eigenvalue weighted by Crippen LogP contribution is 2.36. The molecule has 0 aliphatic carbocycles. The van der Waals surface area contributed by atoms with Crippen LogP contribution in [0.15, 0.2) is 71.8 Å². The van der Waals surface area contributed by atoms with Gasteiger partial charge < -0.3 is 25.0 Å². The summed E-state index contributed by atoms with van der Waals surface area (Å²) in [6, 6.07) is 13.9. The Morgan fingerprint density at radius 3 is 2.45 bits per heavy atom. The second-order valence-electron chi connectivity index (χ2n) is 12.6. The van der Waals surface area contributed by atoms with Gasteiger partial charge in [0, 0.05) is 50.6 Å². The number of alkyl halides is 3. The number of para-hydroxylation sites is 1. The summed E-state index contributed by atoms with van der Waals surface area (Å²) in [4.78, 5) is 40.6. The summed E-state index contributed by atoms with van der Waals surface area (Å²) < 4.78 is 82.9. The molecule has 5 rings (SSSR count). The molecular formula is C37H43F3N8O7S. The van der Waals surface area contributed by atoms with Crippen LogP contribution < -0.4 is 20.1 Å². The highest BCUT2D eigenvalue weighted by atomic mass is 32.2. The quantitative estimate of drug-likeness (QED) is 0.110. The number of carbonyl (C=O) groups is 1. The molecule has 1 fully saturated rings. The number of nitrogens with two attached hydrogens (primary N) is 1. The smallest absolute Gasteiger partial charge is 0.434 e. The molecule has 0 radical (unpaired) electrons. The van der Waals surface area contributed by atoms with Crippen molar-refractivity contribution in [2.45, 2.75) is 57.3 Å². The Labute approximate surface area is 322 Å². The molecule has 15 nitrogen and oxygen atoms in total. The van der Waals surface area contributed by atoms with Crippen LogP contribution in [0.5, 0.6) is 11.8 Å². The van der Waals surface area contributed by atoms with E-state index in [9.17, 15) is 36.5 Å². The molecule has 1 unspecified atom stereocenters. The molecule has 4 aromatic rings. The lowest BCUT2D eigenvalue weighted by molar-refractivity contribution is -0.387. The predicted molar refractivity (Wildman–Crippen MR) is 201 cm³/mol. The number of nitro benzene ring substituents is 1. The molecule has 0 spiro atoms. The van der Waals surface area contributed by atoms with Gasteiger partial charge in [0.05, 0.1) is 52.9 Å². The molecule has 1 aromatic carbocycles. The summed E-state index contributed by atoms with van der Waals surface area (Å²) in [7, 11) is -4.50. The molecular weight excluding hydrogens is 758 g/mol. The lowest BCUT2D eigenvalue weighted by Crippen LogP contribution is -2.55. The number of sulfonamides is 1. The normalized spacial score (nSPS) is 14.9. The van der Waals surface area contributed by atoms with Crippen molar-refractivity contribution in [1.29, 1.82) is 0 Å². The second-order valence-corrected chi connectivity index (χ2v) is 14.5. The largest absolute Gasteiger partial charge is 0.478 e. The number of piperazine rings is 1. The summed E-state index contributed by atoms with van der Waals surface area (Å²) in [6.45, 7) is 5.59. The minimum Gasteiger partial charge on any atom is -0.478 e. The van der Waals surface area contributed by atoms with Crippen LogP contribution in [0.2, 0.25) is 0 Å². The first-order valence-corrected chi connectivity index (χ1v) is 19.5. The first-order chi connectivity index (χ1) is 26.7. The lowest BCUT2D eigenvalue weighted by Gasteiger charge is -2.43. The van der Waals surface area contributed by atoms with Crippen molar-refractivity contribution < 1.29 is 40.8 Å². The van der Waals surface area contributed by atoms with E-state index >= 15 is 0 Å². The maximum Gasteiger partial charge on any atom is 0.434 e. The Bertz CT molecular complexity index is 2140. The summed E-state index contributed by atoms with van der Waals surface area (Å²) >= 11 is 0. The molecule has 0 bridgehead atoms. The molecule has 56 heavy (non-hydrogen) atoms. The molecule has 1 saturated heterocycles. The second kappa shape index (κ2) is 18.0. The topological polar surface area (TPSA) is 187 Å². The Kier molecular flexibility index (Phi) is 13.4. The number of ether oxygens (including phenoxy) is 2. The van der Waals surface area contributed by atoms with Gasteiger partial charge in [-0.2, -0.15) is 17.5 Å². The van der Waals surface area contributed by atoms with Crippen LogP contribution in [0.25, 0.3) is 11.3 Å². The van der Waals surface area contributed by atoms with Gasteiger partial charge >= 0.3 is 6.18 Å². The van der Waals surface area contributed by atoms with Crippen LogP contribution in [0, 0.1) is 10.1 Å². The first kappa shape index (κ1) is 41.8. The average molecular weight is 801 g/mol. The van der Waals surface area contributed by atoms with Crippen LogP contribution in [-0.2, 0) is 22.7 Å². The number of amides is 1. The molecule has 3 aromatic heterocycles. The third kappa shape index (κ3) is 9.17. The average Bonchev–Trinajstić information content (AvgIpc) is 3.19. The Hall–Kier alpha value is -5.40. The summed E-state index contributed by atoms with van der Waals surface area (Å²) in [5, 5.41) is 11.9. The molecule has 1 aliphatic rings. The van der Waals surface area contributed by atoms with E-state index in [-0.39, 0.29) is 63.9 Å². The number of aromatic nitrogens is 3. The van der Waals surface area contributed by atoms with Crippen LogP contribution in [0.3, 0.4) is 0 Å². The fourth-order valence-corrected chi connectivity index (χ4v) is 8.08. The van der Waals surface area contributed by atoms with E-state index in [0.717, 1.165) is 16.4 Å². The molecule has 1 atom stereocenters. The van der Waals surface area contributed by atoms with E-state index in [1.807, 2.05) is 11.8 Å². The van der Waals surface area contributed by atoms with E-state index in [2.05, 4.69) is 9.97 Å². The fraction of sp³-hybridized carbons (Fsp3) is 0.405. The van der Waals surface area contributed by atoms with Crippen molar-refractivity contribution >= 4 is 27.3 Å². The van der Waals surface area contributed by atoms with E-state index in [1.165, 1.54) is 29.2 Å². The van der Waals surface area contributed by atoms with Gasteiger partial charge in [-0.3, -0.25) is 14.9 Å². The molecule has 300 valence electrons. The SMILES string of the molecule is CCOc1ccc(C(=O)N2CCN(c3ccc(-c4cccnc4OCC)nc3CN(CCCN)S(=O)(=O)c3ccccc3[N+](=O)[O-])C(CC)C2)c(C(F)(F)F)n1. The zero-order valence-corrected chi connectivity index (χ0v) is 31.9. The summed E-state index contributed by atoms with van der Waals surface area (Å²) in [5.74, 6) is -0.794. The number of benzene rings is 1. The Balaban J connectivity index is 1.57. The van der Waals surface area contributed by atoms with Gasteiger partial charge in [-0.15, -0.1) is 0 Å². The zero-order chi connectivity index (χ0) is 40.6. The fourth-order valence-electron chi connectivity index (χ4n) is 6.48. The van der Waals surface area contributed by atoms with Gasteiger partial charge in [0.1, 0.15) is 0 Å². The number of hydrogen-bond acceptors (Lipinski definition) is 12. The standard InChI is InChI=1S/C37H43F3N8O7S/c1-4-25-23-45(36(49)27-14-17-33(54-5-2)44-34(27)37(38,39)40)21-22-47(25)30-16-15-28(26-11-9-19-42-35(26)55-6-3)43-29(30)24-46(20-10-18-41)56(52,53)32-13-8-7-12-31(32)48(50)51/h7-9,11-17,19,25H,4-6,10,18,20-24,41H2,1-3H3. The molecule has 2 N–H and O–H groups in total. The third-order valence-corrected chi connectivity index (χ3v) is 11.0. The monoisotopic (exact) mass is 800 g/mol. The third-order valence-electron chi connectivity index (χ3n) is 9.11. The van der Waals surface area contributed by atoms with Crippen molar-refractivity contribution in [2.75, 3.05) is 50.8 Å². The highest BCUT2D eigenvalue weighted by Gasteiger charge is 2.40. The summed E-state index contributed by atoms with van der Waals surface area (Å²) in [6.07, 6.45) is -2.68. The van der Waals surface area contributed by atoms with Crippen LogP contribution >= 0.6 is 0 Å². The molecule has 19 heteroatoms. The molecule has 4 heterocycles. The van der Waals surface area contributed by atoms with E-state index in [1.54, 1.807) is 44.3 Å². The maximum atomic E-state index is 14.3. The maximum absolute atomic E-state index is 14.3. The number of hydrogen-bond donors (Lipinski definition) is 1. The zero-order valence-electron chi connectivity index (χ0n) is 31.1. The van der Waals surface area contributed by atoms with E-state index < -0.39 is 54.9 Å². The summed E-state index contributed by atoms with van der Waals surface area (Å²) in [5.41, 5.74) is 5.00. The van der Waals surface area contributed by atoms with Crippen molar-refractivity contribution in [3.8, 4) is 23.0 Å². The Morgan fingerprint density at radius 2 is 1.77 bits per heavy atom. The van der Waals surface area contributed by atoms with Crippen LogP contribution in [0.4, 0.5) is 24.5 Å². The number of carbonyl (C=O) groups excluding carboxylic acids is 1. The molecule has 1 amide bonds. The first-order valence-electron chi connectivity index (χ1n) is 18.0.